The average Bonchev–Trinajstić information content (AvgIpc) is 2.47. The van der Waals surface area contributed by atoms with Crippen LogP contribution in [-0.4, -0.2) is 29.2 Å². The number of hydrogen-bond donors (Lipinski definition) is 0. The minimum Gasteiger partial charge on any atom is -0.467 e. The lowest BCUT2D eigenvalue weighted by molar-refractivity contribution is 0.332. The van der Waals surface area contributed by atoms with Crippen molar-refractivity contribution < 1.29 is 9.47 Å². The predicted molar refractivity (Wildman–Crippen MR) is 73.2 cm³/mol. The van der Waals surface area contributed by atoms with Crippen LogP contribution in [0.25, 0.3) is 0 Å². The first-order valence-electron chi connectivity index (χ1n) is 5.38. The Bertz CT molecular complexity index is 653. The maximum atomic E-state index is 9.13. The van der Waals surface area contributed by atoms with Crippen LogP contribution in [0.1, 0.15) is 5.56 Å². The highest BCUT2D eigenvalue weighted by Gasteiger charge is 2.12. The smallest absolute Gasteiger partial charge is 0.323 e. The van der Waals surface area contributed by atoms with Crippen LogP contribution < -0.4 is 9.47 Å². The summed E-state index contributed by atoms with van der Waals surface area (Å²) in [4.78, 5) is 12.7. The van der Waals surface area contributed by atoms with Crippen LogP contribution in [0.4, 0.5) is 0 Å². The van der Waals surface area contributed by atoms with Crippen molar-refractivity contribution in [3.63, 3.8) is 0 Å². The van der Waals surface area contributed by atoms with Crippen LogP contribution in [0, 0.1) is 11.3 Å². The molecule has 2 rings (SSSR count). The van der Waals surface area contributed by atoms with Gasteiger partial charge in [0.2, 0.25) is 5.16 Å². The van der Waals surface area contributed by atoms with Crippen molar-refractivity contribution in [2.45, 2.75) is 10.1 Å². The molecule has 0 unspecified atom stereocenters. The molecule has 0 saturated heterocycles. The monoisotopic (exact) mass is 308 g/mol. The van der Waals surface area contributed by atoms with E-state index in [0.717, 1.165) is 0 Å². The van der Waals surface area contributed by atoms with E-state index in [1.807, 2.05) is 0 Å². The van der Waals surface area contributed by atoms with E-state index in [9.17, 15) is 0 Å². The summed E-state index contributed by atoms with van der Waals surface area (Å²) in [5, 5.41) is 9.86. The summed E-state index contributed by atoms with van der Waals surface area (Å²) in [6.07, 6.45) is 0. The molecule has 1 heterocycles. The molecule has 0 saturated carbocycles. The highest BCUT2D eigenvalue weighted by Crippen LogP contribution is 2.32. The number of nitriles is 1. The molecule has 0 N–H and O–H groups in total. The second-order valence-corrected chi connectivity index (χ2v) is 4.83. The normalized spacial score (nSPS) is 9.90. The molecule has 0 spiro atoms. The molecule has 1 aromatic carbocycles. The summed E-state index contributed by atoms with van der Waals surface area (Å²) in [7, 11) is 2.90. The fourth-order valence-electron chi connectivity index (χ4n) is 1.34. The van der Waals surface area contributed by atoms with Gasteiger partial charge in [0.1, 0.15) is 6.07 Å². The van der Waals surface area contributed by atoms with Gasteiger partial charge in [-0.25, -0.2) is 0 Å². The molecule has 0 aliphatic heterocycles. The van der Waals surface area contributed by atoms with Gasteiger partial charge in [-0.2, -0.15) is 15.2 Å². The number of aromatic nitrogens is 3. The van der Waals surface area contributed by atoms with Crippen LogP contribution in [0.5, 0.6) is 12.0 Å². The van der Waals surface area contributed by atoms with Gasteiger partial charge < -0.3 is 9.47 Å². The lowest BCUT2D eigenvalue weighted by atomic mass is 10.2. The van der Waals surface area contributed by atoms with Gasteiger partial charge in [0, 0.05) is 4.90 Å². The fourth-order valence-corrected chi connectivity index (χ4v) is 2.47. The van der Waals surface area contributed by atoms with Gasteiger partial charge in [0.25, 0.3) is 0 Å². The standard InChI is InChI=1S/C12H9ClN4O2S/c1-18-10-15-11(19-2)17-12(16-10)20-9-5-3-4-8(13)7(9)6-14/h3-5H,1-2H3. The largest absolute Gasteiger partial charge is 0.467 e. The van der Waals surface area contributed by atoms with Crippen molar-refractivity contribution in [1.82, 2.24) is 15.0 Å². The number of ether oxygens (including phenoxy) is 2. The molecule has 0 fully saturated rings. The Balaban J connectivity index is 2.40. The van der Waals surface area contributed by atoms with Crippen LogP contribution >= 0.6 is 23.4 Å². The van der Waals surface area contributed by atoms with Gasteiger partial charge in [-0.05, 0) is 23.9 Å². The molecular formula is C12H9ClN4O2S. The number of rotatable bonds is 4. The van der Waals surface area contributed by atoms with Crippen molar-refractivity contribution in [3.8, 4) is 18.1 Å². The number of benzene rings is 1. The van der Waals surface area contributed by atoms with Crippen LogP contribution in [-0.2, 0) is 0 Å². The number of methoxy groups -OCH3 is 2. The Morgan fingerprint density at radius 3 is 2.35 bits per heavy atom. The molecule has 102 valence electrons. The Morgan fingerprint density at radius 1 is 1.15 bits per heavy atom. The zero-order valence-corrected chi connectivity index (χ0v) is 12.2. The Hall–Kier alpha value is -2.04. The van der Waals surface area contributed by atoms with E-state index in [1.165, 1.54) is 26.0 Å². The fraction of sp³-hybridized carbons (Fsp3) is 0.167. The summed E-state index contributed by atoms with van der Waals surface area (Å²) >= 11 is 7.16. The zero-order valence-electron chi connectivity index (χ0n) is 10.6. The van der Waals surface area contributed by atoms with Gasteiger partial charge in [-0.1, -0.05) is 17.7 Å². The summed E-state index contributed by atoms with van der Waals surface area (Å²) in [5.41, 5.74) is 0.373. The van der Waals surface area contributed by atoms with E-state index in [-0.39, 0.29) is 12.0 Å². The molecule has 0 radical (unpaired) electrons. The molecule has 0 atom stereocenters. The second-order valence-electron chi connectivity index (χ2n) is 3.42. The first-order chi connectivity index (χ1) is 9.67. The molecule has 1 aromatic heterocycles. The van der Waals surface area contributed by atoms with E-state index in [2.05, 4.69) is 21.0 Å². The van der Waals surface area contributed by atoms with Crippen molar-refractivity contribution in [3.05, 3.63) is 28.8 Å². The quantitative estimate of drug-likeness (QED) is 0.858. The number of nitrogens with zero attached hydrogens (tertiary/aromatic N) is 4. The third kappa shape index (κ3) is 3.10. The molecule has 0 amide bonds. The first kappa shape index (κ1) is 14.4. The van der Waals surface area contributed by atoms with Gasteiger partial charge in [0.05, 0.1) is 24.8 Å². The third-order valence-corrected chi connectivity index (χ3v) is 3.47. The van der Waals surface area contributed by atoms with Crippen molar-refractivity contribution >= 4 is 23.4 Å². The maximum Gasteiger partial charge on any atom is 0.323 e. The highest BCUT2D eigenvalue weighted by molar-refractivity contribution is 7.99. The first-order valence-corrected chi connectivity index (χ1v) is 6.58. The van der Waals surface area contributed by atoms with Crippen molar-refractivity contribution in [2.24, 2.45) is 0 Å². The van der Waals surface area contributed by atoms with Gasteiger partial charge >= 0.3 is 12.0 Å². The SMILES string of the molecule is COc1nc(OC)nc(Sc2cccc(Cl)c2C#N)n1. The van der Waals surface area contributed by atoms with E-state index < -0.39 is 0 Å². The molecule has 8 heteroatoms. The van der Waals surface area contributed by atoms with Crippen molar-refractivity contribution in [2.75, 3.05) is 14.2 Å². The summed E-state index contributed by atoms with van der Waals surface area (Å²) in [5.74, 6) is 0. The topological polar surface area (TPSA) is 80.9 Å². The maximum absolute atomic E-state index is 9.13. The summed E-state index contributed by atoms with van der Waals surface area (Å²) < 4.78 is 9.94. The number of hydrogen-bond acceptors (Lipinski definition) is 7. The molecular weight excluding hydrogens is 300 g/mol. The number of halogens is 1. The van der Waals surface area contributed by atoms with E-state index in [4.69, 9.17) is 26.3 Å². The van der Waals surface area contributed by atoms with Crippen LogP contribution in [0.15, 0.2) is 28.3 Å². The van der Waals surface area contributed by atoms with Gasteiger partial charge in [-0.3, -0.25) is 0 Å². The molecule has 20 heavy (non-hydrogen) atoms. The minimum atomic E-state index is 0.139. The predicted octanol–water partition coefficient (Wildman–Crippen LogP) is 2.57. The van der Waals surface area contributed by atoms with Gasteiger partial charge in [0.15, 0.2) is 0 Å². The van der Waals surface area contributed by atoms with E-state index in [0.29, 0.717) is 20.6 Å². The van der Waals surface area contributed by atoms with Gasteiger partial charge in [-0.15, -0.1) is 4.98 Å². The lowest BCUT2D eigenvalue weighted by Crippen LogP contribution is -2.00. The van der Waals surface area contributed by atoms with Crippen molar-refractivity contribution in [1.29, 1.82) is 5.26 Å². The third-order valence-electron chi connectivity index (χ3n) is 2.23. The second kappa shape index (κ2) is 6.41. The molecule has 0 bridgehead atoms. The molecule has 0 aliphatic carbocycles. The zero-order chi connectivity index (χ0) is 14.5. The van der Waals surface area contributed by atoms with Crippen LogP contribution in [0.2, 0.25) is 5.02 Å². The summed E-state index contributed by atoms with van der Waals surface area (Å²) in [6.45, 7) is 0. The Kier molecular flexibility index (Phi) is 4.61. The van der Waals surface area contributed by atoms with Crippen LogP contribution in [0.3, 0.4) is 0 Å². The lowest BCUT2D eigenvalue weighted by Gasteiger charge is -2.06. The minimum absolute atomic E-state index is 0.139. The molecule has 0 aliphatic rings. The van der Waals surface area contributed by atoms with E-state index >= 15 is 0 Å². The average molecular weight is 309 g/mol. The van der Waals surface area contributed by atoms with E-state index in [1.54, 1.807) is 18.2 Å². The Labute approximate surface area is 124 Å². The highest BCUT2D eigenvalue weighted by atomic mass is 35.5. The molecule has 2 aromatic rings. The summed E-state index contributed by atoms with van der Waals surface area (Å²) in [6, 6.07) is 7.50. The Morgan fingerprint density at radius 2 is 1.80 bits per heavy atom. The molecule has 6 nitrogen and oxygen atoms in total.